The molecule has 1 heterocycles. The number of amides is 1. The van der Waals surface area contributed by atoms with Crippen LogP contribution in [-0.4, -0.2) is 60.3 Å². The van der Waals surface area contributed by atoms with Crippen LogP contribution < -0.4 is 4.90 Å². The van der Waals surface area contributed by atoms with Crippen LogP contribution in [0.5, 0.6) is 0 Å². The highest BCUT2D eigenvalue weighted by Crippen LogP contribution is 2.27. The van der Waals surface area contributed by atoms with E-state index in [4.69, 9.17) is 5.41 Å². The largest absolute Gasteiger partial charge is 0.336 e. The predicted octanol–water partition coefficient (Wildman–Crippen LogP) is 7.74. The van der Waals surface area contributed by atoms with Gasteiger partial charge in [0.15, 0.2) is 0 Å². The van der Waals surface area contributed by atoms with Crippen LogP contribution in [0.2, 0.25) is 0 Å². The molecule has 0 aliphatic carbocycles. The highest BCUT2D eigenvalue weighted by molar-refractivity contribution is 6.12. The maximum Gasteiger partial charge on any atom is 0.316 e. The highest BCUT2D eigenvalue weighted by atomic mass is 19.3. The summed E-state index contributed by atoms with van der Waals surface area (Å²) in [7, 11) is 0. The van der Waals surface area contributed by atoms with Crippen LogP contribution in [0.3, 0.4) is 0 Å². The Balaban J connectivity index is 0.00000141. The zero-order valence-electron chi connectivity index (χ0n) is 25.2. The number of para-hydroxylation sites is 1. The first kappa shape index (κ1) is 33.6. The predicted molar refractivity (Wildman–Crippen MR) is 163 cm³/mol. The first-order chi connectivity index (χ1) is 19.7. The summed E-state index contributed by atoms with van der Waals surface area (Å²) < 4.78 is 41.7. The van der Waals surface area contributed by atoms with Crippen LogP contribution in [0.15, 0.2) is 66.7 Å². The van der Waals surface area contributed by atoms with Gasteiger partial charge in [-0.25, -0.2) is 4.39 Å². The van der Waals surface area contributed by atoms with Gasteiger partial charge in [-0.2, -0.15) is 8.78 Å². The fourth-order valence-electron chi connectivity index (χ4n) is 4.86. The molecule has 41 heavy (non-hydrogen) atoms. The quantitative estimate of drug-likeness (QED) is 0.234. The summed E-state index contributed by atoms with van der Waals surface area (Å²) in [5, 5.41) is 8.46. The van der Waals surface area contributed by atoms with Crippen molar-refractivity contribution in [2.75, 3.05) is 31.1 Å². The topological polar surface area (TPSA) is 50.6 Å². The van der Waals surface area contributed by atoms with Crippen molar-refractivity contribution in [2.45, 2.75) is 61.2 Å². The summed E-state index contributed by atoms with van der Waals surface area (Å²) in [5.74, 6) is -0.542. The zero-order chi connectivity index (χ0) is 30.7. The first-order valence-electron chi connectivity index (χ1n) is 14.3. The minimum atomic E-state index is -2.65. The third kappa shape index (κ3) is 8.19. The minimum absolute atomic E-state index is 0.135. The van der Waals surface area contributed by atoms with Crippen LogP contribution in [-0.2, 0) is 0 Å². The van der Waals surface area contributed by atoms with Gasteiger partial charge in [0.1, 0.15) is 5.82 Å². The van der Waals surface area contributed by atoms with Gasteiger partial charge in [0, 0.05) is 48.6 Å². The van der Waals surface area contributed by atoms with Crippen LogP contribution in [0, 0.1) is 25.1 Å². The second-order valence-electron chi connectivity index (χ2n) is 9.35. The second-order valence-corrected chi connectivity index (χ2v) is 9.35. The molecule has 222 valence electrons. The maximum atomic E-state index is 14.1. The Labute approximate surface area is 243 Å². The normalized spacial score (nSPS) is 13.9. The van der Waals surface area contributed by atoms with Crippen molar-refractivity contribution in [1.29, 1.82) is 5.41 Å². The molecular weight excluding hydrogens is 525 g/mol. The third-order valence-electron chi connectivity index (χ3n) is 6.99. The average molecular weight is 569 g/mol. The van der Waals surface area contributed by atoms with Gasteiger partial charge in [0.2, 0.25) is 0 Å². The Hall–Kier alpha value is -3.65. The molecule has 0 radical (unpaired) electrons. The van der Waals surface area contributed by atoms with Crippen LogP contribution >= 0.6 is 0 Å². The van der Waals surface area contributed by atoms with Crippen molar-refractivity contribution in [3.63, 3.8) is 0 Å². The first-order valence-corrected chi connectivity index (χ1v) is 14.3. The average Bonchev–Trinajstić information content (AvgIpc) is 2.99. The molecule has 1 saturated heterocycles. The number of piperazine rings is 1. The van der Waals surface area contributed by atoms with E-state index in [-0.39, 0.29) is 11.6 Å². The van der Waals surface area contributed by atoms with Crippen molar-refractivity contribution in [3.05, 3.63) is 100 Å². The molecule has 1 N–H and O–H groups in total. The number of alkyl halides is 2. The number of halogens is 3. The summed E-state index contributed by atoms with van der Waals surface area (Å²) in [6.07, 6.45) is -0.534. The number of carbonyl (C=O) groups excluding carboxylic acids is 1. The van der Waals surface area contributed by atoms with E-state index in [1.807, 2.05) is 58.6 Å². The van der Waals surface area contributed by atoms with E-state index in [2.05, 4.69) is 0 Å². The minimum Gasteiger partial charge on any atom is -0.336 e. The lowest BCUT2D eigenvalue weighted by Crippen LogP contribution is -2.57. The number of nitrogens with zero attached hydrogens (tertiary/aromatic N) is 3. The molecule has 8 heteroatoms. The van der Waals surface area contributed by atoms with Crippen LogP contribution in [0.1, 0.15) is 67.2 Å². The molecular formula is C33H43F3N4O. The maximum absolute atomic E-state index is 14.1. The molecule has 3 aromatic rings. The van der Waals surface area contributed by atoms with Gasteiger partial charge in [0.05, 0.1) is 11.9 Å². The van der Waals surface area contributed by atoms with Crippen molar-refractivity contribution in [2.24, 2.45) is 0 Å². The number of carbonyl (C=O) groups is 1. The van der Waals surface area contributed by atoms with E-state index in [9.17, 15) is 18.0 Å². The van der Waals surface area contributed by atoms with E-state index >= 15 is 0 Å². The van der Waals surface area contributed by atoms with E-state index in [0.717, 1.165) is 16.0 Å². The summed E-state index contributed by atoms with van der Waals surface area (Å²) in [5.41, 5.74) is 3.83. The number of aryl methyl sites for hydroxylation is 2. The van der Waals surface area contributed by atoms with Gasteiger partial charge >= 0.3 is 6.55 Å². The Morgan fingerprint density at radius 1 is 0.829 bits per heavy atom. The zero-order valence-corrected chi connectivity index (χ0v) is 25.2. The SMILES string of the molecule is CC.CC.Cc1cc(C(=O)N2CCN(C(C)N(c3ccccc3C)C(F)F)CC2)ccc1C(=N)c1cccc(F)c1. The monoisotopic (exact) mass is 568 g/mol. The fourth-order valence-corrected chi connectivity index (χ4v) is 4.86. The Morgan fingerprint density at radius 3 is 2.02 bits per heavy atom. The molecule has 1 fully saturated rings. The number of rotatable bonds is 7. The molecule has 1 aliphatic heterocycles. The van der Waals surface area contributed by atoms with Crippen molar-refractivity contribution in [1.82, 2.24) is 9.80 Å². The number of benzene rings is 3. The van der Waals surface area contributed by atoms with E-state index in [1.165, 1.54) is 12.1 Å². The molecule has 4 rings (SSSR count). The van der Waals surface area contributed by atoms with Gasteiger partial charge in [-0.05, 0) is 62.2 Å². The number of anilines is 1. The Bertz CT molecular complexity index is 1290. The van der Waals surface area contributed by atoms with Crippen molar-refractivity contribution in [3.8, 4) is 0 Å². The van der Waals surface area contributed by atoms with Crippen LogP contribution in [0.25, 0.3) is 0 Å². The smallest absolute Gasteiger partial charge is 0.316 e. The Morgan fingerprint density at radius 2 is 1.46 bits per heavy atom. The van der Waals surface area contributed by atoms with Gasteiger partial charge in [-0.15, -0.1) is 0 Å². The van der Waals surface area contributed by atoms with Gasteiger partial charge in [0.25, 0.3) is 5.91 Å². The summed E-state index contributed by atoms with van der Waals surface area (Å²) in [4.78, 5) is 18.0. The standard InChI is InChI=1S/C29H31F3N4O.2C2H6/c1-19-7-4-5-10-26(19)36(29(31)32)21(3)34-13-15-35(16-14-34)28(37)23-11-12-25(20(2)17-23)27(33)22-8-6-9-24(30)18-22;2*1-2/h4-12,17-18,21,29,33H,13-16H2,1-3H3;2*1-2H3. The Kier molecular flexibility index (Phi) is 13.1. The van der Waals surface area contributed by atoms with Crippen molar-refractivity contribution < 1.29 is 18.0 Å². The van der Waals surface area contributed by atoms with Crippen LogP contribution in [0.4, 0.5) is 18.9 Å². The third-order valence-corrected chi connectivity index (χ3v) is 6.99. The highest BCUT2D eigenvalue weighted by Gasteiger charge is 2.32. The molecule has 1 atom stereocenters. The van der Waals surface area contributed by atoms with Gasteiger partial charge in [-0.3, -0.25) is 15.1 Å². The summed E-state index contributed by atoms with van der Waals surface area (Å²) in [6, 6.07) is 18.2. The molecule has 0 aromatic heterocycles. The molecule has 1 unspecified atom stereocenters. The molecule has 3 aromatic carbocycles. The van der Waals surface area contributed by atoms with Gasteiger partial charge in [-0.1, -0.05) is 64.1 Å². The molecule has 0 saturated carbocycles. The molecule has 0 bridgehead atoms. The summed E-state index contributed by atoms with van der Waals surface area (Å²) >= 11 is 0. The van der Waals surface area contributed by atoms with E-state index in [1.54, 1.807) is 54.3 Å². The summed E-state index contributed by atoms with van der Waals surface area (Å²) in [6.45, 7) is 12.6. The molecule has 1 aliphatic rings. The van der Waals surface area contributed by atoms with Crippen molar-refractivity contribution >= 4 is 17.3 Å². The molecule has 1 amide bonds. The number of hydrogen-bond acceptors (Lipinski definition) is 4. The van der Waals surface area contributed by atoms with E-state index < -0.39 is 18.5 Å². The van der Waals surface area contributed by atoms with E-state index in [0.29, 0.717) is 48.6 Å². The lowest BCUT2D eigenvalue weighted by molar-refractivity contribution is 0.0459. The molecule has 5 nitrogen and oxygen atoms in total. The number of hydrogen-bond donors (Lipinski definition) is 1. The van der Waals surface area contributed by atoms with Gasteiger partial charge < -0.3 is 9.80 Å². The lowest BCUT2D eigenvalue weighted by atomic mass is 9.96. The lowest BCUT2D eigenvalue weighted by Gasteiger charge is -2.43. The molecule has 0 spiro atoms. The number of nitrogens with one attached hydrogen (secondary N) is 1. The fraction of sp³-hybridized carbons (Fsp3) is 0.394. The second kappa shape index (κ2) is 16.0.